The topological polar surface area (TPSA) is 96.7 Å². The van der Waals surface area contributed by atoms with E-state index in [9.17, 15) is 9.18 Å². The Labute approximate surface area is 173 Å². The summed E-state index contributed by atoms with van der Waals surface area (Å²) in [5, 5.41) is 3.74. The van der Waals surface area contributed by atoms with E-state index in [0.29, 0.717) is 24.4 Å². The third-order valence-corrected chi connectivity index (χ3v) is 4.89. The van der Waals surface area contributed by atoms with E-state index in [1.165, 1.54) is 12.1 Å². The molecule has 0 aliphatic carbocycles. The number of fused-ring (bicyclic) bond motifs is 1. The lowest BCUT2D eigenvalue weighted by Gasteiger charge is -2.06. The number of rotatable bonds is 7. The van der Waals surface area contributed by atoms with Crippen molar-refractivity contribution in [3.8, 4) is 22.4 Å². The number of halogens is 1. The SMILES string of the molecule is NCCCCC(=O)Nc1ccc2c(-c3ccncc3)c(-c3ccc(F)cc3)[nH]c2n1. The smallest absolute Gasteiger partial charge is 0.225 e. The molecular formula is C23H22FN5O. The van der Waals surface area contributed by atoms with Gasteiger partial charge in [-0.2, -0.15) is 0 Å². The molecule has 4 rings (SSSR count). The number of nitrogens with two attached hydrogens (primary N) is 1. The molecule has 1 amide bonds. The molecule has 6 nitrogen and oxygen atoms in total. The Kier molecular flexibility index (Phi) is 5.81. The van der Waals surface area contributed by atoms with E-state index < -0.39 is 0 Å². The lowest BCUT2D eigenvalue weighted by Crippen LogP contribution is -2.13. The molecule has 1 aromatic carbocycles. The monoisotopic (exact) mass is 403 g/mol. The molecule has 0 atom stereocenters. The van der Waals surface area contributed by atoms with Crippen molar-refractivity contribution in [3.05, 3.63) is 66.7 Å². The fraction of sp³-hybridized carbons (Fsp3) is 0.174. The first-order valence-corrected chi connectivity index (χ1v) is 9.84. The molecule has 0 saturated heterocycles. The Balaban J connectivity index is 1.74. The molecular weight excluding hydrogens is 381 g/mol. The van der Waals surface area contributed by atoms with E-state index in [0.717, 1.165) is 40.6 Å². The molecule has 3 aromatic heterocycles. The van der Waals surface area contributed by atoms with Crippen molar-refractivity contribution >= 4 is 22.8 Å². The van der Waals surface area contributed by atoms with Gasteiger partial charge < -0.3 is 16.0 Å². The number of amides is 1. The van der Waals surface area contributed by atoms with Crippen molar-refractivity contribution in [2.75, 3.05) is 11.9 Å². The molecule has 3 heterocycles. The number of hydrogen-bond acceptors (Lipinski definition) is 4. The zero-order valence-corrected chi connectivity index (χ0v) is 16.4. The van der Waals surface area contributed by atoms with E-state index in [4.69, 9.17) is 5.73 Å². The molecule has 30 heavy (non-hydrogen) atoms. The van der Waals surface area contributed by atoms with E-state index in [2.05, 4.69) is 20.3 Å². The van der Waals surface area contributed by atoms with Gasteiger partial charge in [-0.05, 0) is 79.0 Å². The van der Waals surface area contributed by atoms with Gasteiger partial charge in [0.25, 0.3) is 0 Å². The highest BCUT2D eigenvalue weighted by Crippen LogP contribution is 2.38. The number of pyridine rings is 2. The molecule has 0 unspecified atom stereocenters. The molecule has 0 bridgehead atoms. The third kappa shape index (κ3) is 4.21. The number of aromatic amines is 1. The summed E-state index contributed by atoms with van der Waals surface area (Å²) in [5.74, 6) is 0.0986. The maximum atomic E-state index is 13.4. The Morgan fingerprint density at radius 3 is 2.50 bits per heavy atom. The van der Waals surface area contributed by atoms with Crippen LogP contribution in [0.2, 0.25) is 0 Å². The molecule has 0 spiro atoms. The van der Waals surface area contributed by atoms with Crippen LogP contribution in [0.5, 0.6) is 0 Å². The van der Waals surface area contributed by atoms with Gasteiger partial charge in [-0.1, -0.05) is 0 Å². The zero-order chi connectivity index (χ0) is 20.9. The standard InChI is InChI=1S/C23H22FN5O/c24-17-6-4-16(5-7-17)22-21(15-10-13-26-14-11-15)18-8-9-19(28-23(18)29-22)27-20(30)3-1-2-12-25/h4-11,13-14H,1-3,12,25H2,(H2,27,28,29,30). The van der Waals surface area contributed by atoms with Crippen LogP contribution in [0.25, 0.3) is 33.4 Å². The van der Waals surface area contributed by atoms with Crippen molar-refractivity contribution in [1.82, 2.24) is 15.0 Å². The largest absolute Gasteiger partial charge is 0.339 e. The number of aromatic nitrogens is 3. The predicted octanol–water partition coefficient (Wildman–Crippen LogP) is 4.50. The minimum Gasteiger partial charge on any atom is -0.339 e. The summed E-state index contributed by atoms with van der Waals surface area (Å²) in [6.07, 6.45) is 5.42. The minimum absolute atomic E-state index is 0.0880. The lowest BCUT2D eigenvalue weighted by molar-refractivity contribution is -0.116. The summed E-state index contributed by atoms with van der Waals surface area (Å²) in [4.78, 5) is 24.2. The van der Waals surface area contributed by atoms with Crippen molar-refractivity contribution in [2.24, 2.45) is 5.73 Å². The Morgan fingerprint density at radius 1 is 1.00 bits per heavy atom. The number of carbonyl (C=O) groups excluding carboxylic acids is 1. The van der Waals surface area contributed by atoms with Crippen molar-refractivity contribution < 1.29 is 9.18 Å². The Hall–Kier alpha value is -3.58. The number of anilines is 1. The van der Waals surface area contributed by atoms with Crippen molar-refractivity contribution in [3.63, 3.8) is 0 Å². The highest BCUT2D eigenvalue weighted by Gasteiger charge is 2.17. The molecule has 4 N–H and O–H groups in total. The second-order valence-electron chi connectivity index (χ2n) is 7.00. The third-order valence-electron chi connectivity index (χ3n) is 4.89. The first-order valence-electron chi connectivity index (χ1n) is 9.84. The predicted molar refractivity (Wildman–Crippen MR) is 116 cm³/mol. The number of carbonyl (C=O) groups is 1. The Morgan fingerprint density at radius 2 is 1.77 bits per heavy atom. The molecule has 152 valence electrons. The summed E-state index contributed by atoms with van der Waals surface area (Å²) >= 11 is 0. The van der Waals surface area contributed by atoms with Gasteiger partial charge in [0.2, 0.25) is 5.91 Å². The van der Waals surface area contributed by atoms with Crippen LogP contribution >= 0.6 is 0 Å². The van der Waals surface area contributed by atoms with E-state index in [1.807, 2.05) is 18.2 Å². The number of nitrogens with zero attached hydrogens (tertiary/aromatic N) is 2. The van der Waals surface area contributed by atoms with E-state index in [-0.39, 0.29) is 11.7 Å². The van der Waals surface area contributed by atoms with Crippen LogP contribution in [0.3, 0.4) is 0 Å². The fourth-order valence-electron chi connectivity index (χ4n) is 3.43. The summed E-state index contributed by atoms with van der Waals surface area (Å²) in [7, 11) is 0. The van der Waals surface area contributed by atoms with Crippen LogP contribution in [-0.2, 0) is 4.79 Å². The van der Waals surface area contributed by atoms with Gasteiger partial charge in [0.15, 0.2) is 0 Å². The van der Waals surface area contributed by atoms with E-state index in [1.54, 1.807) is 30.6 Å². The van der Waals surface area contributed by atoms with Crippen LogP contribution < -0.4 is 11.1 Å². The van der Waals surface area contributed by atoms with Crippen LogP contribution in [0.4, 0.5) is 10.2 Å². The second kappa shape index (κ2) is 8.84. The first kappa shape index (κ1) is 19.7. The highest BCUT2D eigenvalue weighted by molar-refractivity contribution is 6.03. The van der Waals surface area contributed by atoms with Crippen LogP contribution in [0, 0.1) is 5.82 Å². The first-order chi connectivity index (χ1) is 14.7. The van der Waals surface area contributed by atoms with Crippen LogP contribution in [0.1, 0.15) is 19.3 Å². The molecule has 4 aromatic rings. The second-order valence-corrected chi connectivity index (χ2v) is 7.00. The van der Waals surface area contributed by atoms with Crippen LogP contribution in [-0.4, -0.2) is 27.4 Å². The molecule has 0 radical (unpaired) electrons. The van der Waals surface area contributed by atoms with Crippen molar-refractivity contribution in [1.29, 1.82) is 0 Å². The average Bonchev–Trinajstić information content (AvgIpc) is 3.14. The quantitative estimate of drug-likeness (QED) is 0.396. The maximum Gasteiger partial charge on any atom is 0.225 e. The zero-order valence-electron chi connectivity index (χ0n) is 16.4. The normalized spacial score (nSPS) is 11.0. The molecule has 7 heteroatoms. The van der Waals surface area contributed by atoms with Gasteiger partial charge in [-0.25, -0.2) is 9.37 Å². The molecule has 0 aliphatic rings. The number of H-pyrrole nitrogens is 1. The van der Waals surface area contributed by atoms with Gasteiger partial charge in [-0.3, -0.25) is 9.78 Å². The average molecular weight is 403 g/mol. The van der Waals surface area contributed by atoms with Gasteiger partial charge in [0.1, 0.15) is 17.3 Å². The van der Waals surface area contributed by atoms with Crippen LogP contribution in [0.15, 0.2) is 60.9 Å². The number of nitrogens with one attached hydrogen (secondary N) is 2. The minimum atomic E-state index is -0.293. The van der Waals surface area contributed by atoms with Gasteiger partial charge in [0, 0.05) is 29.8 Å². The lowest BCUT2D eigenvalue weighted by atomic mass is 10.00. The summed E-state index contributed by atoms with van der Waals surface area (Å²) in [6.45, 7) is 0.573. The van der Waals surface area contributed by atoms with Crippen molar-refractivity contribution in [2.45, 2.75) is 19.3 Å². The van der Waals surface area contributed by atoms with Gasteiger partial charge >= 0.3 is 0 Å². The summed E-state index contributed by atoms with van der Waals surface area (Å²) in [5.41, 5.74) is 9.71. The summed E-state index contributed by atoms with van der Waals surface area (Å²) in [6, 6.07) is 13.9. The number of hydrogen-bond donors (Lipinski definition) is 3. The van der Waals surface area contributed by atoms with Gasteiger partial charge in [0.05, 0.1) is 5.69 Å². The fourth-order valence-corrected chi connectivity index (χ4v) is 3.43. The summed E-state index contributed by atoms with van der Waals surface area (Å²) < 4.78 is 13.4. The molecule has 0 saturated carbocycles. The maximum absolute atomic E-state index is 13.4. The Bertz CT molecular complexity index is 1160. The van der Waals surface area contributed by atoms with Gasteiger partial charge in [-0.15, -0.1) is 0 Å². The number of benzene rings is 1. The number of unbranched alkanes of at least 4 members (excludes halogenated alkanes) is 1. The molecule has 0 fully saturated rings. The van der Waals surface area contributed by atoms with E-state index >= 15 is 0 Å². The molecule has 0 aliphatic heterocycles. The highest BCUT2D eigenvalue weighted by atomic mass is 19.1.